The quantitative estimate of drug-likeness (QED) is 0.801. The van der Waals surface area contributed by atoms with E-state index in [1.807, 2.05) is 11.9 Å². The SMILES string of the molecule is CC=O.CNCC[C@H]1CN(c2ccc(N3CCOCC3)c(F)c2)C(=O)O1.[HH]. The van der Waals surface area contributed by atoms with Crippen LogP contribution < -0.4 is 15.1 Å². The number of carbonyl (C=O) groups excluding carboxylic acids is 2. The van der Waals surface area contributed by atoms with Gasteiger partial charge in [0, 0.05) is 14.5 Å². The summed E-state index contributed by atoms with van der Waals surface area (Å²) in [7, 11) is 1.86. The van der Waals surface area contributed by atoms with Gasteiger partial charge in [0.05, 0.1) is 31.1 Å². The molecular weight excluding hydrogens is 341 g/mol. The van der Waals surface area contributed by atoms with Crippen LogP contribution in [0, 0.1) is 5.82 Å². The molecule has 1 aromatic rings. The number of morpholine rings is 1. The van der Waals surface area contributed by atoms with E-state index in [2.05, 4.69) is 5.32 Å². The van der Waals surface area contributed by atoms with Crippen molar-refractivity contribution < 1.29 is 24.9 Å². The summed E-state index contributed by atoms with van der Waals surface area (Å²) in [6, 6.07) is 4.91. The summed E-state index contributed by atoms with van der Waals surface area (Å²) >= 11 is 0. The van der Waals surface area contributed by atoms with E-state index in [4.69, 9.17) is 14.3 Å². The van der Waals surface area contributed by atoms with Gasteiger partial charge in [-0.15, -0.1) is 0 Å². The van der Waals surface area contributed by atoms with Crippen LogP contribution in [0.4, 0.5) is 20.6 Å². The number of amides is 1. The van der Waals surface area contributed by atoms with Crippen LogP contribution in [-0.2, 0) is 14.3 Å². The van der Waals surface area contributed by atoms with Crippen LogP contribution in [0.15, 0.2) is 18.2 Å². The fourth-order valence-electron chi connectivity index (χ4n) is 2.91. The van der Waals surface area contributed by atoms with Gasteiger partial charge in [-0.2, -0.15) is 0 Å². The predicted molar refractivity (Wildman–Crippen MR) is 99.4 cm³/mol. The summed E-state index contributed by atoms with van der Waals surface area (Å²) in [4.78, 5) is 24.2. The number of ether oxygens (including phenoxy) is 2. The summed E-state index contributed by atoms with van der Waals surface area (Å²) in [5, 5.41) is 3.03. The first kappa shape index (κ1) is 20.1. The maximum absolute atomic E-state index is 14.4. The molecule has 1 amide bonds. The van der Waals surface area contributed by atoms with Crippen LogP contribution in [0.1, 0.15) is 14.8 Å². The summed E-state index contributed by atoms with van der Waals surface area (Å²) in [6.45, 7) is 5.23. The molecule has 0 unspecified atom stereocenters. The Morgan fingerprint density at radius 3 is 2.69 bits per heavy atom. The van der Waals surface area contributed by atoms with Crippen LogP contribution in [0.25, 0.3) is 0 Å². The number of benzene rings is 1. The van der Waals surface area contributed by atoms with Gasteiger partial charge < -0.3 is 24.5 Å². The summed E-state index contributed by atoms with van der Waals surface area (Å²) in [5.41, 5.74) is 1.09. The van der Waals surface area contributed by atoms with Crippen molar-refractivity contribution in [1.29, 1.82) is 0 Å². The van der Waals surface area contributed by atoms with Gasteiger partial charge in [-0.3, -0.25) is 4.90 Å². The first-order valence-electron chi connectivity index (χ1n) is 8.75. The van der Waals surface area contributed by atoms with Crippen molar-refractivity contribution in [2.75, 3.05) is 56.2 Å². The van der Waals surface area contributed by atoms with E-state index in [0.29, 0.717) is 44.2 Å². The highest BCUT2D eigenvalue weighted by Gasteiger charge is 2.32. The van der Waals surface area contributed by atoms with E-state index < -0.39 is 6.09 Å². The molecule has 1 N–H and O–H groups in total. The fourth-order valence-corrected chi connectivity index (χ4v) is 2.91. The Balaban J connectivity index is 0.000000855. The zero-order valence-corrected chi connectivity index (χ0v) is 15.2. The normalized spacial score (nSPS) is 19.7. The number of nitrogens with one attached hydrogen (secondary N) is 1. The lowest BCUT2D eigenvalue weighted by Crippen LogP contribution is -2.36. The highest BCUT2D eigenvalue weighted by molar-refractivity contribution is 5.90. The average Bonchev–Trinajstić information content (AvgIpc) is 3.02. The van der Waals surface area contributed by atoms with Crippen LogP contribution >= 0.6 is 0 Å². The van der Waals surface area contributed by atoms with Crippen LogP contribution in [0.5, 0.6) is 0 Å². The van der Waals surface area contributed by atoms with Crippen molar-refractivity contribution in [1.82, 2.24) is 5.32 Å². The number of aldehydes is 1. The van der Waals surface area contributed by atoms with Crippen molar-refractivity contribution >= 4 is 23.8 Å². The molecule has 0 spiro atoms. The molecule has 0 aliphatic carbocycles. The largest absolute Gasteiger partial charge is 0.444 e. The minimum Gasteiger partial charge on any atom is -0.444 e. The second kappa shape index (κ2) is 10.1. The Morgan fingerprint density at radius 1 is 1.38 bits per heavy atom. The lowest BCUT2D eigenvalue weighted by atomic mass is 10.2. The second-order valence-electron chi connectivity index (χ2n) is 5.98. The number of hydrogen-bond donors (Lipinski definition) is 1. The number of hydrogen-bond acceptors (Lipinski definition) is 6. The number of nitrogens with zero attached hydrogens (tertiary/aromatic N) is 2. The predicted octanol–water partition coefficient (Wildman–Crippen LogP) is 2.05. The lowest BCUT2D eigenvalue weighted by Gasteiger charge is -2.29. The number of halogens is 1. The van der Waals surface area contributed by atoms with Crippen molar-refractivity contribution in [2.24, 2.45) is 0 Å². The number of rotatable bonds is 5. The molecule has 0 saturated carbocycles. The van der Waals surface area contributed by atoms with Crippen molar-refractivity contribution in [3.8, 4) is 0 Å². The van der Waals surface area contributed by atoms with Gasteiger partial charge in [-0.25, -0.2) is 9.18 Å². The Labute approximate surface area is 154 Å². The summed E-state index contributed by atoms with van der Waals surface area (Å²) in [6.07, 6.45) is 0.925. The average molecular weight is 369 g/mol. The third-order valence-electron chi connectivity index (χ3n) is 4.19. The first-order chi connectivity index (χ1) is 12.6. The Hall–Kier alpha value is -2.19. The minimum atomic E-state index is -0.412. The molecule has 3 rings (SSSR count). The maximum atomic E-state index is 14.4. The van der Waals surface area contributed by atoms with E-state index >= 15 is 0 Å². The van der Waals surface area contributed by atoms with Gasteiger partial charge >= 0.3 is 6.09 Å². The molecule has 2 fully saturated rings. The number of carbonyl (C=O) groups is 2. The molecule has 0 aromatic heterocycles. The lowest BCUT2D eigenvalue weighted by molar-refractivity contribution is -0.106. The zero-order chi connectivity index (χ0) is 18.9. The molecule has 0 radical (unpaired) electrons. The van der Waals surface area contributed by atoms with Crippen LogP contribution in [0.2, 0.25) is 0 Å². The van der Waals surface area contributed by atoms with Crippen molar-refractivity contribution in [3.05, 3.63) is 24.0 Å². The highest BCUT2D eigenvalue weighted by atomic mass is 19.1. The monoisotopic (exact) mass is 369 g/mol. The Morgan fingerprint density at radius 2 is 2.08 bits per heavy atom. The third kappa shape index (κ3) is 5.15. The van der Waals surface area contributed by atoms with E-state index in [9.17, 15) is 9.18 Å². The van der Waals surface area contributed by atoms with Crippen LogP contribution in [0.3, 0.4) is 0 Å². The molecular formula is C18H28FN3O4. The van der Waals surface area contributed by atoms with E-state index in [1.54, 1.807) is 12.1 Å². The molecule has 146 valence electrons. The molecule has 2 saturated heterocycles. The van der Waals surface area contributed by atoms with Crippen molar-refractivity contribution in [2.45, 2.75) is 19.4 Å². The van der Waals surface area contributed by atoms with Gasteiger partial charge in [-0.1, -0.05) is 0 Å². The number of cyclic esters (lactones) is 1. The molecule has 0 bridgehead atoms. The topological polar surface area (TPSA) is 71.1 Å². The van der Waals surface area contributed by atoms with Gasteiger partial charge in [0.25, 0.3) is 0 Å². The molecule has 2 heterocycles. The van der Waals surface area contributed by atoms with Gasteiger partial charge in [0.15, 0.2) is 0 Å². The Bertz CT molecular complexity index is 614. The third-order valence-corrected chi connectivity index (χ3v) is 4.19. The van der Waals surface area contributed by atoms with E-state index in [-0.39, 0.29) is 13.3 Å². The van der Waals surface area contributed by atoms with E-state index in [0.717, 1.165) is 19.3 Å². The molecule has 1 atom stereocenters. The molecule has 2 aliphatic heterocycles. The Kier molecular flexibility index (Phi) is 7.80. The van der Waals surface area contributed by atoms with Crippen LogP contribution in [-0.4, -0.2) is 64.9 Å². The van der Waals surface area contributed by atoms with Gasteiger partial charge in [-0.05, 0) is 45.1 Å². The maximum Gasteiger partial charge on any atom is 0.414 e. The van der Waals surface area contributed by atoms with Gasteiger partial charge in [0.1, 0.15) is 18.2 Å². The highest BCUT2D eigenvalue weighted by Crippen LogP contribution is 2.28. The molecule has 7 nitrogen and oxygen atoms in total. The number of anilines is 2. The smallest absolute Gasteiger partial charge is 0.414 e. The zero-order valence-electron chi connectivity index (χ0n) is 15.2. The molecule has 8 heteroatoms. The standard InChI is InChI=1S/C16H22FN3O3.C2H4O.H2/c1-18-5-4-13-11-20(16(21)23-13)12-2-3-15(14(17)10-12)19-6-8-22-9-7-19;1-2-3;/h2-3,10,13,18H,4-9,11H2,1H3;2H,1H3;1H/t13-;;/m0../s1. The first-order valence-corrected chi connectivity index (χ1v) is 8.75. The van der Waals surface area contributed by atoms with Gasteiger partial charge in [0.2, 0.25) is 0 Å². The van der Waals surface area contributed by atoms with E-state index in [1.165, 1.54) is 17.9 Å². The van der Waals surface area contributed by atoms with Crippen molar-refractivity contribution in [3.63, 3.8) is 0 Å². The molecule has 2 aliphatic rings. The minimum absolute atomic E-state index is 0. The summed E-state index contributed by atoms with van der Waals surface area (Å²) in [5.74, 6) is -0.323. The fraction of sp³-hybridized carbons (Fsp3) is 0.556. The molecule has 26 heavy (non-hydrogen) atoms. The second-order valence-corrected chi connectivity index (χ2v) is 5.98. The molecule has 1 aromatic carbocycles. The summed E-state index contributed by atoms with van der Waals surface area (Å²) < 4.78 is 25.0.